The van der Waals surface area contributed by atoms with Crippen LogP contribution in [0.2, 0.25) is 0 Å². The summed E-state index contributed by atoms with van der Waals surface area (Å²) in [5.41, 5.74) is 0. The van der Waals surface area contributed by atoms with Gasteiger partial charge in [0, 0.05) is 19.1 Å². The maximum atomic E-state index is 5.90. The summed E-state index contributed by atoms with van der Waals surface area (Å²) in [5.74, 6) is 0.562. The predicted octanol–water partition coefficient (Wildman–Crippen LogP) is 7.52. The topological polar surface area (TPSA) is 27.7 Å². The highest BCUT2D eigenvalue weighted by Crippen LogP contribution is 2.20. The van der Waals surface area contributed by atoms with Crippen LogP contribution in [0.4, 0.5) is 0 Å². The quantitative estimate of drug-likeness (QED) is 0.172. The Kier molecular flexibility index (Phi) is 19.6. The van der Waals surface area contributed by atoms with E-state index in [0.29, 0.717) is 5.92 Å². The summed E-state index contributed by atoms with van der Waals surface area (Å²) in [5, 5.41) is 0. The largest absolute Gasteiger partial charge is 0.381 e. The Morgan fingerprint density at radius 3 is 1.79 bits per heavy atom. The van der Waals surface area contributed by atoms with Crippen molar-refractivity contribution in [2.75, 3.05) is 33.0 Å². The van der Waals surface area contributed by atoms with Crippen LogP contribution < -0.4 is 0 Å². The molecular weight excluding hydrogens is 360 g/mol. The Morgan fingerprint density at radius 1 is 0.690 bits per heavy atom. The normalized spacial score (nSPS) is 19.2. The Labute approximate surface area is 182 Å². The summed E-state index contributed by atoms with van der Waals surface area (Å²) in [6, 6.07) is 0. The van der Waals surface area contributed by atoms with Gasteiger partial charge in [-0.05, 0) is 19.3 Å². The summed E-state index contributed by atoms with van der Waals surface area (Å²) < 4.78 is 17.5. The Bertz CT molecular complexity index is 321. The van der Waals surface area contributed by atoms with Crippen LogP contribution in [0, 0.1) is 12.8 Å². The molecule has 1 aliphatic rings. The second-order valence-electron chi connectivity index (χ2n) is 9.01. The molecule has 0 bridgehead atoms. The van der Waals surface area contributed by atoms with E-state index in [1.165, 1.54) is 89.9 Å². The van der Waals surface area contributed by atoms with Crippen LogP contribution in [0.3, 0.4) is 0 Å². The van der Waals surface area contributed by atoms with Crippen LogP contribution in [0.15, 0.2) is 0 Å². The third-order valence-electron chi connectivity index (χ3n) is 6.00. The fourth-order valence-corrected chi connectivity index (χ4v) is 4.08. The van der Waals surface area contributed by atoms with Gasteiger partial charge in [-0.3, -0.25) is 0 Å². The second kappa shape index (κ2) is 21.1. The summed E-state index contributed by atoms with van der Waals surface area (Å²) in [4.78, 5) is 0. The zero-order valence-corrected chi connectivity index (χ0v) is 19.6. The third-order valence-corrected chi connectivity index (χ3v) is 6.00. The maximum absolute atomic E-state index is 5.90. The Hall–Kier alpha value is -0.120. The molecule has 0 unspecified atom stereocenters. The molecule has 1 saturated heterocycles. The molecule has 2 atom stereocenters. The molecule has 1 radical (unpaired) electrons. The highest BCUT2D eigenvalue weighted by molar-refractivity contribution is 4.73. The van der Waals surface area contributed by atoms with E-state index in [9.17, 15) is 0 Å². The van der Waals surface area contributed by atoms with E-state index in [1.54, 1.807) is 0 Å². The molecule has 1 fully saturated rings. The molecule has 0 amide bonds. The van der Waals surface area contributed by atoms with Gasteiger partial charge >= 0.3 is 0 Å². The lowest BCUT2D eigenvalue weighted by Gasteiger charge is -2.11. The SMILES string of the molecule is [CH2]CCCCCOC[C@@H]1C[C@@H](COCCCCCCCCCCCCCC)CO1. The lowest BCUT2D eigenvalue weighted by atomic mass is 10.1. The van der Waals surface area contributed by atoms with E-state index in [4.69, 9.17) is 14.2 Å². The van der Waals surface area contributed by atoms with E-state index in [0.717, 1.165) is 52.3 Å². The summed E-state index contributed by atoms with van der Waals surface area (Å²) >= 11 is 0. The lowest BCUT2D eigenvalue weighted by Crippen LogP contribution is -2.15. The van der Waals surface area contributed by atoms with E-state index >= 15 is 0 Å². The van der Waals surface area contributed by atoms with Gasteiger partial charge in [0.2, 0.25) is 0 Å². The van der Waals surface area contributed by atoms with Crippen molar-refractivity contribution < 1.29 is 14.2 Å². The van der Waals surface area contributed by atoms with Gasteiger partial charge in [-0.15, -0.1) is 0 Å². The lowest BCUT2D eigenvalue weighted by molar-refractivity contribution is 0.0141. The van der Waals surface area contributed by atoms with Crippen LogP contribution in [0.5, 0.6) is 0 Å². The first-order valence-corrected chi connectivity index (χ1v) is 12.9. The fourth-order valence-electron chi connectivity index (χ4n) is 4.08. The molecule has 3 heteroatoms. The van der Waals surface area contributed by atoms with Crippen LogP contribution >= 0.6 is 0 Å². The fraction of sp³-hybridized carbons (Fsp3) is 0.962. The van der Waals surface area contributed by atoms with E-state index in [2.05, 4.69) is 13.8 Å². The zero-order valence-electron chi connectivity index (χ0n) is 19.6. The minimum Gasteiger partial charge on any atom is -0.381 e. The van der Waals surface area contributed by atoms with Crippen molar-refractivity contribution >= 4 is 0 Å². The van der Waals surface area contributed by atoms with Crippen molar-refractivity contribution in [2.45, 2.75) is 122 Å². The summed E-state index contributed by atoms with van der Waals surface area (Å²) in [6.45, 7) is 10.4. The number of hydrogen-bond donors (Lipinski definition) is 0. The van der Waals surface area contributed by atoms with E-state index in [-0.39, 0.29) is 6.10 Å². The van der Waals surface area contributed by atoms with Crippen LogP contribution in [-0.2, 0) is 14.2 Å². The average Bonchev–Trinajstić information content (AvgIpc) is 3.18. The molecule has 0 aromatic rings. The molecular formula is C26H51O3. The first kappa shape index (κ1) is 26.9. The van der Waals surface area contributed by atoms with Gasteiger partial charge in [-0.25, -0.2) is 0 Å². The first-order chi connectivity index (χ1) is 14.4. The standard InChI is InChI=1S/C26H51O3/c1-3-5-7-9-10-11-12-13-14-15-16-18-19-27-22-25-21-26(29-23-25)24-28-20-17-8-6-4-2/h25-26H,2-24H2,1H3/t25-,26-/m0/s1. The van der Waals surface area contributed by atoms with E-state index < -0.39 is 0 Å². The molecule has 0 aliphatic carbocycles. The van der Waals surface area contributed by atoms with E-state index in [1.807, 2.05) is 0 Å². The molecule has 1 aliphatic heterocycles. The van der Waals surface area contributed by atoms with Gasteiger partial charge in [-0.2, -0.15) is 0 Å². The molecule has 0 aromatic carbocycles. The molecule has 0 N–H and O–H groups in total. The van der Waals surface area contributed by atoms with Crippen molar-refractivity contribution in [2.24, 2.45) is 5.92 Å². The van der Waals surface area contributed by atoms with Gasteiger partial charge in [0.25, 0.3) is 0 Å². The van der Waals surface area contributed by atoms with Crippen molar-refractivity contribution in [3.05, 3.63) is 6.92 Å². The van der Waals surface area contributed by atoms with Crippen molar-refractivity contribution in [3.63, 3.8) is 0 Å². The third kappa shape index (κ3) is 17.3. The second-order valence-corrected chi connectivity index (χ2v) is 9.01. The molecule has 1 rings (SSSR count). The Balaban J connectivity index is 1.76. The molecule has 1 heterocycles. The van der Waals surface area contributed by atoms with Gasteiger partial charge in [0.05, 0.1) is 25.9 Å². The smallest absolute Gasteiger partial charge is 0.0813 e. The van der Waals surface area contributed by atoms with Crippen LogP contribution in [0.25, 0.3) is 0 Å². The van der Waals surface area contributed by atoms with Gasteiger partial charge in [0.1, 0.15) is 0 Å². The highest BCUT2D eigenvalue weighted by Gasteiger charge is 2.25. The number of unbranched alkanes of at least 4 members (excludes halogenated alkanes) is 14. The Morgan fingerprint density at radius 2 is 1.21 bits per heavy atom. The molecule has 3 nitrogen and oxygen atoms in total. The molecule has 0 spiro atoms. The van der Waals surface area contributed by atoms with Gasteiger partial charge < -0.3 is 14.2 Å². The predicted molar refractivity (Wildman–Crippen MR) is 124 cm³/mol. The molecule has 173 valence electrons. The number of rotatable bonds is 22. The van der Waals surface area contributed by atoms with Gasteiger partial charge in [0.15, 0.2) is 0 Å². The monoisotopic (exact) mass is 411 g/mol. The average molecular weight is 412 g/mol. The first-order valence-electron chi connectivity index (χ1n) is 12.9. The summed E-state index contributed by atoms with van der Waals surface area (Å²) in [7, 11) is 0. The van der Waals surface area contributed by atoms with Crippen molar-refractivity contribution in [3.8, 4) is 0 Å². The van der Waals surface area contributed by atoms with Crippen LogP contribution in [-0.4, -0.2) is 39.1 Å². The van der Waals surface area contributed by atoms with Crippen molar-refractivity contribution in [1.29, 1.82) is 0 Å². The molecule has 29 heavy (non-hydrogen) atoms. The zero-order chi connectivity index (χ0) is 20.8. The van der Waals surface area contributed by atoms with Crippen molar-refractivity contribution in [1.82, 2.24) is 0 Å². The molecule has 0 aromatic heterocycles. The number of hydrogen-bond acceptors (Lipinski definition) is 3. The molecule has 0 saturated carbocycles. The van der Waals surface area contributed by atoms with Crippen LogP contribution in [0.1, 0.15) is 116 Å². The highest BCUT2D eigenvalue weighted by atomic mass is 16.5. The maximum Gasteiger partial charge on any atom is 0.0813 e. The minimum absolute atomic E-state index is 0.281. The number of ether oxygens (including phenoxy) is 3. The van der Waals surface area contributed by atoms with Gasteiger partial charge in [-0.1, -0.05) is 104 Å². The summed E-state index contributed by atoms with van der Waals surface area (Å²) in [6.07, 6.45) is 22.7. The minimum atomic E-state index is 0.281.